The molecule has 3 nitrogen and oxygen atoms in total. The van der Waals surface area contributed by atoms with E-state index >= 15 is 0 Å². The minimum Gasteiger partial charge on any atom is -0.341 e. The number of benzene rings is 1. The van der Waals surface area contributed by atoms with Gasteiger partial charge in [0, 0.05) is 19.6 Å². The Labute approximate surface area is 130 Å². The smallest absolute Gasteiger partial charge is 0.226 e. The molecule has 19 heavy (non-hydrogen) atoms. The average Bonchev–Trinajstić information content (AvgIpc) is 2.32. The Kier molecular flexibility index (Phi) is 7.75. The van der Waals surface area contributed by atoms with Crippen molar-refractivity contribution in [3.63, 3.8) is 0 Å². The molecule has 6 heteroatoms. The van der Waals surface area contributed by atoms with E-state index in [2.05, 4.69) is 0 Å². The van der Waals surface area contributed by atoms with Crippen molar-refractivity contribution in [2.75, 3.05) is 7.05 Å². The second kappa shape index (κ2) is 7.95. The van der Waals surface area contributed by atoms with Crippen molar-refractivity contribution < 1.29 is 4.79 Å². The summed E-state index contributed by atoms with van der Waals surface area (Å²) in [7, 11) is 1.73. The van der Waals surface area contributed by atoms with E-state index in [0.29, 0.717) is 16.6 Å². The van der Waals surface area contributed by atoms with Crippen LogP contribution in [-0.4, -0.2) is 23.9 Å². The molecular weight excluding hydrogens is 307 g/mol. The van der Waals surface area contributed by atoms with Crippen LogP contribution in [0, 0.1) is 5.92 Å². The molecule has 108 valence electrons. The van der Waals surface area contributed by atoms with Crippen LogP contribution in [0.25, 0.3) is 0 Å². The van der Waals surface area contributed by atoms with E-state index < -0.39 is 0 Å². The van der Waals surface area contributed by atoms with Crippen LogP contribution in [0.1, 0.15) is 19.4 Å². The van der Waals surface area contributed by atoms with E-state index in [1.807, 2.05) is 26.0 Å². The number of nitrogens with zero attached hydrogens (tertiary/aromatic N) is 1. The van der Waals surface area contributed by atoms with Gasteiger partial charge in [0.15, 0.2) is 0 Å². The summed E-state index contributed by atoms with van der Waals surface area (Å²) in [5.74, 6) is -0.214. The monoisotopic (exact) mass is 324 g/mol. The van der Waals surface area contributed by atoms with Crippen LogP contribution < -0.4 is 5.73 Å². The molecule has 0 aromatic heterocycles. The molecule has 1 rings (SSSR count). The molecule has 1 aromatic rings. The number of carbonyl (C=O) groups excluding carboxylic acids is 1. The third-order valence-corrected chi connectivity index (χ3v) is 3.85. The molecule has 0 aliphatic carbocycles. The highest BCUT2D eigenvalue weighted by Crippen LogP contribution is 2.26. The maximum atomic E-state index is 12.1. The highest BCUT2D eigenvalue weighted by atomic mass is 35.5. The minimum absolute atomic E-state index is 0. The first-order chi connectivity index (χ1) is 8.34. The predicted octanol–water partition coefficient (Wildman–Crippen LogP) is 3.36. The number of hydrogen-bond acceptors (Lipinski definition) is 2. The van der Waals surface area contributed by atoms with Crippen LogP contribution in [-0.2, 0) is 11.3 Å². The molecule has 1 amide bonds. The van der Waals surface area contributed by atoms with Crippen LogP contribution >= 0.6 is 35.6 Å². The van der Waals surface area contributed by atoms with Gasteiger partial charge >= 0.3 is 0 Å². The molecular formula is C13H19Cl3N2O. The first kappa shape index (κ1) is 18.5. The molecule has 0 radical (unpaired) electrons. The number of nitrogens with two attached hydrogens (primary N) is 1. The number of halogens is 3. The average molecular weight is 326 g/mol. The van der Waals surface area contributed by atoms with E-state index in [1.165, 1.54) is 0 Å². The third-order valence-electron chi connectivity index (χ3n) is 2.99. The highest BCUT2D eigenvalue weighted by Gasteiger charge is 2.21. The summed E-state index contributed by atoms with van der Waals surface area (Å²) < 4.78 is 0. The molecule has 1 aromatic carbocycles. The normalized spacial score (nSPS) is 13.4. The summed E-state index contributed by atoms with van der Waals surface area (Å²) >= 11 is 12.0. The molecule has 0 bridgehead atoms. The molecule has 0 spiro atoms. The number of carbonyl (C=O) groups is 1. The maximum Gasteiger partial charge on any atom is 0.226 e. The third kappa shape index (κ3) is 4.84. The fourth-order valence-electron chi connectivity index (χ4n) is 1.58. The molecule has 0 fully saturated rings. The summed E-state index contributed by atoms with van der Waals surface area (Å²) in [6.07, 6.45) is 0. The Bertz CT molecular complexity index is 438. The highest BCUT2D eigenvalue weighted by molar-refractivity contribution is 6.42. The Balaban J connectivity index is 0.00000324. The maximum absolute atomic E-state index is 12.1. The zero-order valence-electron chi connectivity index (χ0n) is 11.2. The van der Waals surface area contributed by atoms with Gasteiger partial charge in [-0.25, -0.2) is 0 Å². The molecule has 0 saturated carbocycles. The number of rotatable bonds is 4. The zero-order chi connectivity index (χ0) is 13.9. The summed E-state index contributed by atoms with van der Waals surface area (Å²) in [4.78, 5) is 13.7. The zero-order valence-corrected chi connectivity index (χ0v) is 13.5. The quantitative estimate of drug-likeness (QED) is 0.922. The standard InChI is InChI=1S/C13H18Cl2N2O.ClH/c1-8(9(2)16)13(18)17(3)7-10-5-4-6-11(14)12(10)15;/h4-6,8-9H,7,16H2,1-3H3;1H. The van der Waals surface area contributed by atoms with Crippen LogP contribution in [0.3, 0.4) is 0 Å². The molecule has 0 heterocycles. The van der Waals surface area contributed by atoms with E-state index in [-0.39, 0.29) is 30.3 Å². The van der Waals surface area contributed by atoms with Crippen LogP contribution in [0.4, 0.5) is 0 Å². The lowest BCUT2D eigenvalue weighted by atomic mass is 10.0. The minimum atomic E-state index is -0.215. The van der Waals surface area contributed by atoms with Gasteiger partial charge in [0.2, 0.25) is 5.91 Å². The van der Waals surface area contributed by atoms with Gasteiger partial charge in [-0.15, -0.1) is 12.4 Å². The van der Waals surface area contributed by atoms with Gasteiger partial charge in [0.1, 0.15) is 0 Å². The Morgan fingerprint density at radius 3 is 2.47 bits per heavy atom. The van der Waals surface area contributed by atoms with E-state index in [4.69, 9.17) is 28.9 Å². The summed E-state index contributed by atoms with van der Waals surface area (Å²) in [6.45, 7) is 4.07. The van der Waals surface area contributed by atoms with Gasteiger partial charge in [0.25, 0.3) is 0 Å². The first-order valence-corrected chi connectivity index (χ1v) is 6.53. The molecule has 0 aliphatic heterocycles. The van der Waals surface area contributed by atoms with Gasteiger partial charge in [-0.05, 0) is 18.6 Å². The van der Waals surface area contributed by atoms with Crippen molar-refractivity contribution in [3.8, 4) is 0 Å². The van der Waals surface area contributed by atoms with Gasteiger partial charge in [-0.3, -0.25) is 4.79 Å². The molecule has 0 aliphatic rings. The van der Waals surface area contributed by atoms with E-state index in [9.17, 15) is 4.79 Å². The molecule has 2 atom stereocenters. The molecule has 0 saturated heterocycles. The Hall–Kier alpha value is -0.480. The fraction of sp³-hybridized carbons (Fsp3) is 0.462. The second-order valence-electron chi connectivity index (χ2n) is 4.56. The topological polar surface area (TPSA) is 46.3 Å². The first-order valence-electron chi connectivity index (χ1n) is 5.78. The van der Waals surface area contributed by atoms with E-state index in [0.717, 1.165) is 5.56 Å². The van der Waals surface area contributed by atoms with Crippen molar-refractivity contribution >= 4 is 41.5 Å². The van der Waals surface area contributed by atoms with E-state index in [1.54, 1.807) is 18.0 Å². The lowest BCUT2D eigenvalue weighted by Gasteiger charge is -2.24. The van der Waals surface area contributed by atoms with Crippen molar-refractivity contribution in [1.82, 2.24) is 4.90 Å². The lowest BCUT2D eigenvalue weighted by molar-refractivity contribution is -0.134. The Morgan fingerprint density at radius 2 is 1.95 bits per heavy atom. The van der Waals surface area contributed by atoms with Crippen LogP contribution in [0.5, 0.6) is 0 Å². The number of amides is 1. The van der Waals surface area contributed by atoms with Crippen molar-refractivity contribution in [2.45, 2.75) is 26.4 Å². The molecule has 2 unspecified atom stereocenters. The fourth-order valence-corrected chi connectivity index (χ4v) is 1.96. The summed E-state index contributed by atoms with van der Waals surface area (Å²) in [5, 5.41) is 0.988. The van der Waals surface area contributed by atoms with Crippen LogP contribution in [0.15, 0.2) is 18.2 Å². The van der Waals surface area contributed by atoms with Crippen LogP contribution in [0.2, 0.25) is 10.0 Å². The largest absolute Gasteiger partial charge is 0.341 e. The van der Waals surface area contributed by atoms with Gasteiger partial charge in [0.05, 0.1) is 16.0 Å². The van der Waals surface area contributed by atoms with Gasteiger partial charge < -0.3 is 10.6 Å². The number of hydrogen-bond donors (Lipinski definition) is 1. The van der Waals surface area contributed by atoms with Crippen molar-refractivity contribution in [2.24, 2.45) is 11.7 Å². The van der Waals surface area contributed by atoms with Gasteiger partial charge in [-0.2, -0.15) is 0 Å². The van der Waals surface area contributed by atoms with Crippen molar-refractivity contribution in [1.29, 1.82) is 0 Å². The summed E-state index contributed by atoms with van der Waals surface area (Å²) in [5.41, 5.74) is 6.56. The lowest BCUT2D eigenvalue weighted by Crippen LogP contribution is -2.39. The van der Waals surface area contributed by atoms with Crippen molar-refractivity contribution in [3.05, 3.63) is 33.8 Å². The molecule has 2 N–H and O–H groups in total. The van der Waals surface area contributed by atoms with Gasteiger partial charge in [-0.1, -0.05) is 42.3 Å². The predicted molar refractivity (Wildman–Crippen MR) is 83.0 cm³/mol. The Morgan fingerprint density at radius 1 is 1.37 bits per heavy atom. The summed E-state index contributed by atoms with van der Waals surface area (Å²) in [6, 6.07) is 5.22. The second-order valence-corrected chi connectivity index (χ2v) is 5.34. The SMILES string of the molecule is CC(N)C(C)C(=O)N(C)Cc1cccc(Cl)c1Cl.Cl.